The van der Waals surface area contributed by atoms with Gasteiger partial charge < -0.3 is 10.4 Å². The molecule has 21 heavy (non-hydrogen) atoms. The molecule has 3 rings (SSSR count). The van der Waals surface area contributed by atoms with Crippen LogP contribution in [0.25, 0.3) is 11.4 Å². The second-order valence-corrected chi connectivity index (χ2v) is 5.09. The number of alkyl halides is 3. The van der Waals surface area contributed by atoms with E-state index in [0.29, 0.717) is 5.56 Å². The van der Waals surface area contributed by atoms with E-state index < -0.39 is 12.2 Å². The molecule has 0 fully saturated rings. The number of phenolic OH excluding ortho intramolecular Hbond substituents is 1. The Labute approximate surface area is 118 Å². The smallest absolute Gasteiger partial charge is 0.411 e. The molecule has 2 N–H and O–H groups in total. The summed E-state index contributed by atoms with van der Waals surface area (Å²) in [5.74, 6) is 0.377. The van der Waals surface area contributed by atoms with Gasteiger partial charge in [0.1, 0.15) is 5.75 Å². The SMILES string of the molecule is CC1CC(C(F)(F)F)n2nc(-c3ccc(O)cc3)nc2N1. The van der Waals surface area contributed by atoms with Crippen molar-refractivity contribution >= 4 is 5.95 Å². The lowest BCUT2D eigenvalue weighted by atomic mass is 10.1. The largest absolute Gasteiger partial charge is 0.508 e. The van der Waals surface area contributed by atoms with E-state index in [2.05, 4.69) is 15.4 Å². The van der Waals surface area contributed by atoms with Gasteiger partial charge in [-0.05, 0) is 37.6 Å². The van der Waals surface area contributed by atoms with Crippen molar-refractivity contribution in [3.63, 3.8) is 0 Å². The molecule has 1 aliphatic heterocycles. The topological polar surface area (TPSA) is 63.0 Å². The first-order valence-corrected chi connectivity index (χ1v) is 6.44. The van der Waals surface area contributed by atoms with Gasteiger partial charge in [-0.3, -0.25) is 0 Å². The summed E-state index contributed by atoms with van der Waals surface area (Å²) < 4.78 is 40.2. The minimum atomic E-state index is -4.37. The standard InChI is InChI=1S/C13H13F3N4O/c1-7-6-10(13(14,15)16)20-12(17-7)18-11(19-20)8-2-4-9(21)5-3-8/h2-5,7,10,21H,6H2,1H3,(H,17,18,19). The number of aromatic hydroxyl groups is 1. The quantitative estimate of drug-likeness (QED) is 0.849. The molecule has 1 aliphatic rings. The van der Waals surface area contributed by atoms with Crippen LogP contribution in [0.2, 0.25) is 0 Å². The molecular formula is C13H13F3N4O. The van der Waals surface area contributed by atoms with E-state index in [1.165, 1.54) is 12.1 Å². The minimum absolute atomic E-state index is 0.0719. The van der Waals surface area contributed by atoms with E-state index in [0.717, 1.165) is 4.68 Å². The molecule has 2 unspecified atom stereocenters. The summed E-state index contributed by atoms with van der Waals surface area (Å²) in [5, 5.41) is 16.1. The van der Waals surface area contributed by atoms with E-state index in [1.807, 2.05) is 0 Å². The molecule has 1 aromatic carbocycles. The highest BCUT2D eigenvalue weighted by Crippen LogP contribution is 2.39. The third kappa shape index (κ3) is 2.53. The Balaban J connectivity index is 2.03. The first kappa shape index (κ1) is 13.7. The van der Waals surface area contributed by atoms with Gasteiger partial charge >= 0.3 is 6.18 Å². The van der Waals surface area contributed by atoms with Crippen LogP contribution in [0.4, 0.5) is 19.1 Å². The van der Waals surface area contributed by atoms with Crippen LogP contribution >= 0.6 is 0 Å². The molecular weight excluding hydrogens is 285 g/mol. The van der Waals surface area contributed by atoms with Crippen molar-refractivity contribution in [2.24, 2.45) is 0 Å². The predicted molar refractivity (Wildman–Crippen MR) is 69.9 cm³/mol. The summed E-state index contributed by atoms with van der Waals surface area (Å²) in [6.07, 6.45) is -4.46. The monoisotopic (exact) mass is 298 g/mol. The summed E-state index contributed by atoms with van der Waals surface area (Å²) in [7, 11) is 0. The number of anilines is 1. The number of fused-ring (bicyclic) bond motifs is 1. The Morgan fingerprint density at radius 3 is 2.57 bits per heavy atom. The second-order valence-electron chi connectivity index (χ2n) is 5.09. The van der Waals surface area contributed by atoms with Crippen LogP contribution in [0.3, 0.4) is 0 Å². The fourth-order valence-electron chi connectivity index (χ4n) is 2.36. The maximum Gasteiger partial charge on any atom is 0.411 e. The van der Waals surface area contributed by atoms with Crippen molar-refractivity contribution < 1.29 is 18.3 Å². The molecule has 5 nitrogen and oxygen atoms in total. The van der Waals surface area contributed by atoms with Gasteiger partial charge in [-0.25, -0.2) is 4.68 Å². The van der Waals surface area contributed by atoms with Crippen molar-refractivity contribution in [3.8, 4) is 17.1 Å². The van der Waals surface area contributed by atoms with Crippen molar-refractivity contribution in [1.29, 1.82) is 0 Å². The number of halogens is 3. The highest BCUT2D eigenvalue weighted by molar-refractivity contribution is 5.57. The Kier molecular flexibility index (Phi) is 3.03. The number of nitrogens with one attached hydrogen (secondary N) is 1. The molecule has 0 spiro atoms. The van der Waals surface area contributed by atoms with Gasteiger partial charge in [0.15, 0.2) is 11.9 Å². The van der Waals surface area contributed by atoms with E-state index in [9.17, 15) is 18.3 Å². The number of hydrogen-bond donors (Lipinski definition) is 2. The number of aromatic nitrogens is 3. The zero-order valence-corrected chi connectivity index (χ0v) is 11.1. The third-order valence-electron chi connectivity index (χ3n) is 3.38. The number of rotatable bonds is 1. The van der Waals surface area contributed by atoms with Gasteiger partial charge in [-0.15, -0.1) is 5.10 Å². The zero-order valence-electron chi connectivity index (χ0n) is 11.1. The van der Waals surface area contributed by atoms with Crippen LogP contribution in [0.1, 0.15) is 19.4 Å². The Hall–Kier alpha value is -2.25. The van der Waals surface area contributed by atoms with Crippen LogP contribution in [0.5, 0.6) is 5.75 Å². The van der Waals surface area contributed by atoms with E-state index in [4.69, 9.17) is 0 Å². The number of nitrogens with zero attached hydrogens (tertiary/aromatic N) is 3. The van der Waals surface area contributed by atoms with E-state index in [1.54, 1.807) is 19.1 Å². The molecule has 0 saturated carbocycles. The summed E-state index contributed by atoms with van der Waals surface area (Å²) in [5.41, 5.74) is 0.546. The molecule has 2 aromatic rings. The average Bonchev–Trinajstić information content (AvgIpc) is 2.80. The molecule has 2 heterocycles. The van der Waals surface area contributed by atoms with Gasteiger partial charge in [0.05, 0.1) is 0 Å². The fraction of sp³-hybridized carbons (Fsp3) is 0.385. The lowest BCUT2D eigenvalue weighted by molar-refractivity contribution is -0.173. The lowest BCUT2D eigenvalue weighted by Gasteiger charge is -2.30. The van der Waals surface area contributed by atoms with E-state index >= 15 is 0 Å². The predicted octanol–water partition coefficient (Wildman–Crippen LogP) is 2.96. The Morgan fingerprint density at radius 1 is 1.29 bits per heavy atom. The van der Waals surface area contributed by atoms with Crippen molar-refractivity contribution in [1.82, 2.24) is 14.8 Å². The summed E-state index contributed by atoms with van der Waals surface area (Å²) in [6.45, 7) is 1.68. The van der Waals surface area contributed by atoms with Crippen molar-refractivity contribution in [3.05, 3.63) is 24.3 Å². The van der Waals surface area contributed by atoms with Crippen LogP contribution in [0, 0.1) is 0 Å². The highest BCUT2D eigenvalue weighted by atomic mass is 19.4. The normalized spacial score (nSPS) is 21.7. The number of benzene rings is 1. The molecule has 0 radical (unpaired) electrons. The zero-order chi connectivity index (χ0) is 15.2. The van der Waals surface area contributed by atoms with Crippen LogP contribution < -0.4 is 5.32 Å². The molecule has 1 aromatic heterocycles. The molecule has 0 aliphatic carbocycles. The van der Waals surface area contributed by atoms with Gasteiger partial charge in [0.25, 0.3) is 0 Å². The van der Waals surface area contributed by atoms with Gasteiger partial charge in [-0.2, -0.15) is 18.2 Å². The first-order valence-electron chi connectivity index (χ1n) is 6.44. The fourth-order valence-corrected chi connectivity index (χ4v) is 2.36. The van der Waals surface area contributed by atoms with Crippen LogP contribution in [-0.4, -0.2) is 32.1 Å². The van der Waals surface area contributed by atoms with Gasteiger partial charge in [-0.1, -0.05) is 0 Å². The molecule has 0 amide bonds. The third-order valence-corrected chi connectivity index (χ3v) is 3.38. The van der Waals surface area contributed by atoms with E-state index in [-0.39, 0.29) is 30.0 Å². The number of phenols is 1. The second kappa shape index (κ2) is 4.64. The number of hydrogen-bond acceptors (Lipinski definition) is 4. The Morgan fingerprint density at radius 2 is 1.95 bits per heavy atom. The molecule has 0 saturated heterocycles. The summed E-state index contributed by atoms with van der Waals surface area (Å²) >= 11 is 0. The van der Waals surface area contributed by atoms with Crippen molar-refractivity contribution in [2.45, 2.75) is 31.6 Å². The highest BCUT2D eigenvalue weighted by Gasteiger charge is 2.46. The van der Waals surface area contributed by atoms with Crippen LogP contribution in [0.15, 0.2) is 24.3 Å². The molecule has 112 valence electrons. The molecule has 2 atom stereocenters. The maximum atomic E-state index is 13.1. The van der Waals surface area contributed by atoms with Crippen LogP contribution in [-0.2, 0) is 0 Å². The summed E-state index contributed by atoms with van der Waals surface area (Å²) in [6, 6.07) is 3.98. The van der Waals surface area contributed by atoms with Gasteiger partial charge in [0, 0.05) is 11.6 Å². The van der Waals surface area contributed by atoms with Crippen molar-refractivity contribution in [2.75, 3.05) is 5.32 Å². The average molecular weight is 298 g/mol. The van der Waals surface area contributed by atoms with Gasteiger partial charge in [0.2, 0.25) is 5.95 Å². The first-order chi connectivity index (χ1) is 9.84. The summed E-state index contributed by atoms with van der Waals surface area (Å²) in [4.78, 5) is 4.12. The molecule has 0 bridgehead atoms. The Bertz CT molecular complexity index is 650. The lowest BCUT2D eigenvalue weighted by Crippen LogP contribution is -2.38. The maximum absolute atomic E-state index is 13.1. The molecule has 8 heteroatoms. The minimum Gasteiger partial charge on any atom is -0.508 e.